The van der Waals surface area contributed by atoms with Gasteiger partial charge in [-0.2, -0.15) is 0 Å². The smallest absolute Gasteiger partial charge is 0.332 e. The highest BCUT2D eigenvalue weighted by Crippen LogP contribution is 2.25. The second kappa shape index (κ2) is 12.6. The first-order chi connectivity index (χ1) is 19.4. The molecule has 1 atom stereocenters. The molecule has 0 unspecified atom stereocenters. The molecule has 0 aliphatic rings. The van der Waals surface area contributed by atoms with Crippen LogP contribution in [0.15, 0.2) is 82.5 Å². The lowest BCUT2D eigenvalue weighted by atomic mass is 10.1. The summed E-state index contributed by atoms with van der Waals surface area (Å²) in [6, 6.07) is 18.1. The van der Waals surface area contributed by atoms with Crippen molar-refractivity contribution < 1.29 is 17.9 Å². The van der Waals surface area contributed by atoms with Gasteiger partial charge in [0.25, 0.3) is 5.56 Å². The number of halogens is 2. The summed E-state index contributed by atoms with van der Waals surface area (Å²) < 4.78 is 32.8. The Morgan fingerprint density at radius 2 is 1.66 bits per heavy atom. The van der Waals surface area contributed by atoms with Gasteiger partial charge < -0.3 is 10.1 Å². The van der Waals surface area contributed by atoms with Crippen LogP contribution in [0.4, 0.5) is 11.5 Å². The van der Waals surface area contributed by atoms with Crippen molar-refractivity contribution in [3.8, 4) is 11.5 Å². The zero-order valence-corrected chi connectivity index (χ0v) is 24.2. The van der Waals surface area contributed by atoms with Crippen molar-refractivity contribution in [2.24, 2.45) is 5.92 Å². The molecule has 0 aliphatic heterocycles. The third-order valence-electron chi connectivity index (χ3n) is 5.78. The predicted molar refractivity (Wildman–Crippen MR) is 157 cm³/mol. The molecule has 41 heavy (non-hydrogen) atoms. The van der Waals surface area contributed by atoms with Gasteiger partial charge in [0.2, 0.25) is 15.9 Å². The number of hydrogen-bond donors (Lipinski definition) is 2. The van der Waals surface area contributed by atoms with E-state index >= 15 is 0 Å². The fourth-order valence-corrected chi connectivity index (χ4v) is 4.65. The van der Waals surface area contributed by atoms with E-state index in [2.05, 4.69) is 10.3 Å². The van der Waals surface area contributed by atoms with E-state index in [1.54, 1.807) is 60.7 Å². The molecule has 11 nitrogen and oxygen atoms in total. The van der Waals surface area contributed by atoms with Crippen molar-refractivity contribution in [1.82, 2.24) is 18.8 Å². The summed E-state index contributed by atoms with van der Waals surface area (Å²) in [7, 11) is -3.81. The zero-order chi connectivity index (χ0) is 29.7. The van der Waals surface area contributed by atoms with Gasteiger partial charge in [0, 0.05) is 35.6 Å². The molecule has 14 heteroatoms. The number of carbonyl (C=O) groups is 1. The molecule has 2 aromatic carbocycles. The number of amides is 1. The molecule has 4 rings (SSSR count). The monoisotopic (exact) mass is 617 g/mol. The maximum Gasteiger partial charge on any atom is 0.332 e. The number of pyridine rings is 1. The van der Waals surface area contributed by atoms with Crippen LogP contribution in [0.2, 0.25) is 10.2 Å². The number of ether oxygens (including phenoxy) is 1. The number of sulfonamides is 1. The molecule has 1 amide bonds. The Morgan fingerprint density at radius 3 is 2.29 bits per heavy atom. The molecule has 0 spiro atoms. The van der Waals surface area contributed by atoms with Crippen molar-refractivity contribution in [2.45, 2.75) is 20.0 Å². The van der Waals surface area contributed by atoms with Gasteiger partial charge in [-0.15, -0.1) is 0 Å². The van der Waals surface area contributed by atoms with Crippen molar-refractivity contribution in [1.29, 1.82) is 0 Å². The molecule has 0 saturated heterocycles. The van der Waals surface area contributed by atoms with Crippen LogP contribution in [0.25, 0.3) is 0 Å². The largest absolute Gasteiger partial charge is 0.457 e. The van der Waals surface area contributed by atoms with E-state index in [1.165, 1.54) is 23.8 Å². The third kappa shape index (κ3) is 8.19. The van der Waals surface area contributed by atoms with E-state index < -0.39 is 33.1 Å². The van der Waals surface area contributed by atoms with Crippen LogP contribution >= 0.6 is 23.2 Å². The first-order valence-corrected chi connectivity index (χ1v) is 14.8. The average Bonchev–Trinajstić information content (AvgIpc) is 2.90. The Balaban J connectivity index is 1.65. The zero-order valence-electron chi connectivity index (χ0n) is 21.9. The van der Waals surface area contributed by atoms with Crippen molar-refractivity contribution >= 4 is 50.6 Å². The van der Waals surface area contributed by atoms with Crippen LogP contribution in [0, 0.1) is 5.92 Å². The molecule has 0 radical (unpaired) electrons. The fraction of sp³-hybridized carbons (Fsp3) is 0.185. The Morgan fingerprint density at radius 1 is 0.976 bits per heavy atom. The van der Waals surface area contributed by atoms with Gasteiger partial charge in [-0.3, -0.25) is 23.4 Å². The lowest BCUT2D eigenvalue weighted by molar-refractivity contribution is -0.123. The Hall–Kier alpha value is -4.13. The molecule has 4 aromatic rings. The number of hydrogen-bond acceptors (Lipinski definition) is 8. The first kappa shape index (κ1) is 29.8. The maximum absolute atomic E-state index is 13.6. The molecule has 2 N–H and O–H groups in total. The molecule has 0 saturated carbocycles. The van der Waals surface area contributed by atoms with E-state index in [1.807, 2.05) is 4.72 Å². The van der Waals surface area contributed by atoms with Crippen LogP contribution < -0.4 is 26.0 Å². The standard InChI is InChI=1S/C27H25Cl2N5O6S/c1-17(26(36)32-41(2,38)39)15-34-25(35)14-24(33(27(34)37)16-18-3-5-19(28)6-4-18)31-20-7-9-21(10-8-20)40-22-11-12-30-23(29)13-22/h3-14,17,31H,15-16H2,1-2H3,(H,32,36)/t17-/m0/s1. The number of benzene rings is 2. The first-order valence-electron chi connectivity index (χ1n) is 12.2. The minimum Gasteiger partial charge on any atom is -0.457 e. The van der Waals surface area contributed by atoms with E-state index in [0.29, 0.717) is 27.4 Å². The maximum atomic E-state index is 13.6. The van der Waals surface area contributed by atoms with Crippen LogP contribution in [-0.4, -0.2) is 34.7 Å². The highest BCUT2D eigenvalue weighted by atomic mass is 35.5. The van der Waals surface area contributed by atoms with E-state index in [9.17, 15) is 22.8 Å². The summed E-state index contributed by atoms with van der Waals surface area (Å²) in [5.41, 5.74) is -0.0679. The highest BCUT2D eigenvalue weighted by Gasteiger charge is 2.21. The molecule has 2 aromatic heterocycles. The molecule has 0 aliphatic carbocycles. The van der Waals surface area contributed by atoms with Gasteiger partial charge in [-0.25, -0.2) is 18.2 Å². The quantitative estimate of drug-likeness (QED) is 0.254. The van der Waals surface area contributed by atoms with Gasteiger partial charge in [-0.05, 0) is 48.0 Å². The molecule has 2 heterocycles. The third-order valence-corrected chi connectivity index (χ3v) is 6.81. The van der Waals surface area contributed by atoms with Gasteiger partial charge in [0.1, 0.15) is 22.5 Å². The summed E-state index contributed by atoms with van der Waals surface area (Å²) in [4.78, 5) is 42.8. The predicted octanol–water partition coefficient (Wildman–Crippen LogP) is 4.01. The van der Waals surface area contributed by atoms with Gasteiger partial charge in [0.05, 0.1) is 18.7 Å². The normalized spacial score (nSPS) is 12.0. The second-order valence-electron chi connectivity index (χ2n) is 9.18. The lowest BCUT2D eigenvalue weighted by Crippen LogP contribution is -2.44. The summed E-state index contributed by atoms with van der Waals surface area (Å²) in [5.74, 6) is -0.588. The SMILES string of the molecule is C[C@@H](Cn1c(=O)cc(Nc2ccc(Oc3ccnc(Cl)c3)cc2)n(Cc2ccc(Cl)cc2)c1=O)C(=O)NS(C)(=O)=O. The summed E-state index contributed by atoms with van der Waals surface area (Å²) in [6.07, 6.45) is 2.37. The molecule has 0 fully saturated rings. The average molecular weight is 618 g/mol. The summed E-state index contributed by atoms with van der Waals surface area (Å²) >= 11 is 11.9. The molecular formula is C27H25Cl2N5O6S. The van der Waals surface area contributed by atoms with Gasteiger partial charge in [-0.1, -0.05) is 42.3 Å². The Bertz CT molecular complexity index is 1790. The minimum absolute atomic E-state index is 0.0759. The summed E-state index contributed by atoms with van der Waals surface area (Å²) in [6.45, 7) is 1.17. The van der Waals surface area contributed by atoms with E-state index in [0.717, 1.165) is 16.4 Å². The molecule has 214 valence electrons. The number of rotatable bonds is 10. The van der Waals surface area contributed by atoms with Crippen molar-refractivity contribution in [3.63, 3.8) is 0 Å². The second-order valence-corrected chi connectivity index (χ2v) is 11.8. The van der Waals surface area contributed by atoms with Crippen LogP contribution in [0.1, 0.15) is 12.5 Å². The van der Waals surface area contributed by atoms with Crippen LogP contribution in [0.5, 0.6) is 11.5 Å². The van der Waals surface area contributed by atoms with E-state index in [4.69, 9.17) is 27.9 Å². The van der Waals surface area contributed by atoms with Crippen molar-refractivity contribution in [3.05, 3.63) is 110 Å². The number of nitrogens with zero attached hydrogens (tertiary/aromatic N) is 3. The Kier molecular flexibility index (Phi) is 9.16. The molecule has 0 bridgehead atoms. The highest BCUT2D eigenvalue weighted by molar-refractivity contribution is 7.89. The van der Waals surface area contributed by atoms with Crippen LogP contribution in [0.3, 0.4) is 0 Å². The van der Waals surface area contributed by atoms with Gasteiger partial charge in [0.15, 0.2) is 0 Å². The van der Waals surface area contributed by atoms with Crippen molar-refractivity contribution in [2.75, 3.05) is 11.6 Å². The number of carbonyl (C=O) groups excluding carboxylic acids is 1. The Labute approximate surface area is 245 Å². The van der Waals surface area contributed by atoms with Crippen LogP contribution in [-0.2, 0) is 27.9 Å². The summed E-state index contributed by atoms with van der Waals surface area (Å²) in [5, 5.41) is 3.91. The number of nitrogens with one attached hydrogen (secondary N) is 2. The van der Waals surface area contributed by atoms with E-state index in [-0.39, 0.29) is 18.9 Å². The lowest BCUT2D eigenvalue weighted by Gasteiger charge is -2.18. The topological polar surface area (TPSA) is 141 Å². The minimum atomic E-state index is -3.81. The fourth-order valence-electron chi connectivity index (χ4n) is 3.79. The number of aromatic nitrogens is 3. The molecular weight excluding hydrogens is 593 g/mol. The number of anilines is 2. The van der Waals surface area contributed by atoms with Gasteiger partial charge >= 0.3 is 5.69 Å².